The second kappa shape index (κ2) is 5.65. The molecule has 0 aromatic heterocycles. The van der Waals surface area contributed by atoms with Crippen LogP contribution in [0.3, 0.4) is 0 Å². The first kappa shape index (κ1) is 13.7. The van der Waals surface area contributed by atoms with Gasteiger partial charge in [0.1, 0.15) is 0 Å². The zero-order valence-corrected chi connectivity index (χ0v) is 12.6. The van der Waals surface area contributed by atoms with Gasteiger partial charge in [0, 0.05) is 6.04 Å². The fraction of sp³-hybridized carbons (Fsp3) is 0.933. The second-order valence-corrected chi connectivity index (χ2v) is 7.84. The number of amides is 1. The Kier molecular flexibility index (Phi) is 4.08. The fourth-order valence-corrected chi connectivity index (χ4v) is 5.30. The van der Waals surface area contributed by atoms with Crippen molar-refractivity contribution >= 4 is 17.7 Å². The summed E-state index contributed by atoms with van der Waals surface area (Å²) in [7, 11) is 0. The van der Waals surface area contributed by atoms with E-state index in [0.29, 0.717) is 6.04 Å². The molecule has 0 unspecified atom stereocenters. The molecule has 4 heteroatoms. The first-order valence-electron chi connectivity index (χ1n) is 7.72. The van der Waals surface area contributed by atoms with E-state index in [1.165, 1.54) is 32.1 Å². The number of nitrogens with one attached hydrogen (secondary N) is 1. The van der Waals surface area contributed by atoms with Crippen LogP contribution in [0.4, 0.5) is 0 Å². The van der Waals surface area contributed by atoms with Crippen LogP contribution in [0, 0.1) is 23.7 Å². The van der Waals surface area contributed by atoms with Crippen LogP contribution in [0.25, 0.3) is 0 Å². The van der Waals surface area contributed by atoms with Crippen molar-refractivity contribution in [2.45, 2.75) is 50.6 Å². The first-order valence-corrected chi connectivity index (χ1v) is 9.11. The number of hydrogen-bond acceptors (Lipinski definition) is 3. The molecule has 0 spiro atoms. The first-order chi connectivity index (χ1) is 9.17. The summed E-state index contributed by atoms with van der Waals surface area (Å²) in [6.07, 6.45) is 9.69. The lowest BCUT2D eigenvalue weighted by Crippen LogP contribution is -2.58. The molecule has 4 aliphatic carbocycles. The molecule has 4 aliphatic rings. The maximum Gasteiger partial charge on any atom is 0.237 e. The van der Waals surface area contributed by atoms with Gasteiger partial charge in [-0.05, 0) is 74.2 Å². The van der Waals surface area contributed by atoms with Gasteiger partial charge in [-0.1, -0.05) is 0 Å². The lowest BCUT2D eigenvalue weighted by Gasteiger charge is -2.54. The zero-order valence-electron chi connectivity index (χ0n) is 11.8. The molecule has 0 aliphatic heterocycles. The number of hydrogen-bond donors (Lipinski definition) is 2. The Hall–Kier alpha value is -0.220. The number of thioether (sulfide) groups is 1. The van der Waals surface area contributed by atoms with Gasteiger partial charge in [-0.15, -0.1) is 0 Å². The third-order valence-electron chi connectivity index (χ3n) is 5.51. The van der Waals surface area contributed by atoms with Crippen molar-refractivity contribution in [2.75, 3.05) is 12.0 Å². The highest BCUT2D eigenvalue weighted by atomic mass is 32.2. The van der Waals surface area contributed by atoms with Gasteiger partial charge in [0.25, 0.3) is 0 Å². The van der Waals surface area contributed by atoms with E-state index in [2.05, 4.69) is 11.6 Å². The van der Waals surface area contributed by atoms with Crippen LogP contribution in [-0.4, -0.2) is 30.0 Å². The Bertz CT molecular complexity index is 319. The normalized spacial score (nSPS) is 41.3. The standard InChI is InChI=1S/C15H26N2OS/c1-19-3-2-13(16)15(18)17-14-11-5-9-4-10(7-11)8-12(14)6-9/h9-14H,2-8,16H2,1H3,(H,17,18)/t9?,10?,11?,12?,13-,14?/m1/s1. The molecule has 19 heavy (non-hydrogen) atoms. The third kappa shape index (κ3) is 2.80. The number of carbonyl (C=O) groups is 1. The van der Waals surface area contributed by atoms with E-state index in [-0.39, 0.29) is 11.9 Å². The molecule has 0 heterocycles. The molecule has 4 saturated carbocycles. The average Bonchev–Trinajstić information content (AvgIpc) is 2.39. The van der Waals surface area contributed by atoms with E-state index in [9.17, 15) is 4.79 Å². The van der Waals surface area contributed by atoms with E-state index < -0.39 is 0 Å². The summed E-state index contributed by atoms with van der Waals surface area (Å²) in [4.78, 5) is 12.2. The van der Waals surface area contributed by atoms with Gasteiger partial charge in [-0.25, -0.2) is 0 Å². The van der Waals surface area contributed by atoms with Crippen molar-refractivity contribution in [1.82, 2.24) is 5.32 Å². The van der Waals surface area contributed by atoms with E-state index in [0.717, 1.165) is 35.8 Å². The van der Waals surface area contributed by atoms with Crippen LogP contribution in [0.5, 0.6) is 0 Å². The lowest BCUT2D eigenvalue weighted by atomic mass is 9.54. The lowest BCUT2D eigenvalue weighted by molar-refractivity contribution is -0.126. The molecule has 0 saturated heterocycles. The monoisotopic (exact) mass is 282 g/mol. The average molecular weight is 282 g/mol. The largest absolute Gasteiger partial charge is 0.351 e. The van der Waals surface area contributed by atoms with E-state index in [4.69, 9.17) is 5.73 Å². The molecule has 3 N–H and O–H groups in total. The van der Waals surface area contributed by atoms with Crippen LogP contribution in [0.1, 0.15) is 38.5 Å². The molecule has 3 nitrogen and oxygen atoms in total. The van der Waals surface area contributed by atoms with Crippen molar-refractivity contribution in [3.8, 4) is 0 Å². The van der Waals surface area contributed by atoms with Crippen LogP contribution in [0.15, 0.2) is 0 Å². The van der Waals surface area contributed by atoms with E-state index >= 15 is 0 Å². The molecule has 0 radical (unpaired) electrons. The minimum absolute atomic E-state index is 0.0894. The van der Waals surface area contributed by atoms with Crippen molar-refractivity contribution < 1.29 is 4.79 Å². The summed E-state index contributed by atoms with van der Waals surface area (Å²) in [5.41, 5.74) is 5.98. The molecule has 4 fully saturated rings. The van der Waals surface area contributed by atoms with Crippen LogP contribution in [0.2, 0.25) is 0 Å². The maximum atomic E-state index is 12.2. The van der Waals surface area contributed by atoms with Crippen molar-refractivity contribution in [3.05, 3.63) is 0 Å². The van der Waals surface area contributed by atoms with E-state index in [1.54, 1.807) is 11.8 Å². The summed E-state index contributed by atoms with van der Waals surface area (Å²) < 4.78 is 0. The highest BCUT2D eigenvalue weighted by Gasteiger charge is 2.48. The Labute approximate surface area is 120 Å². The predicted molar refractivity (Wildman–Crippen MR) is 80.0 cm³/mol. The Morgan fingerprint density at radius 3 is 2.32 bits per heavy atom. The maximum absolute atomic E-state index is 12.2. The summed E-state index contributed by atoms with van der Waals surface area (Å²) in [6.45, 7) is 0. The highest BCUT2D eigenvalue weighted by Crippen LogP contribution is 2.53. The topological polar surface area (TPSA) is 55.1 Å². The minimum Gasteiger partial charge on any atom is -0.351 e. The molecule has 1 amide bonds. The molecule has 0 aromatic carbocycles. The number of carbonyl (C=O) groups excluding carboxylic acids is 1. The quantitative estimate of drug-likeness (QED) is 0.811. The summed E-state index contributed by atoms with van der Waals surface area (Å²) >= 11 is 1.76. The molecule has 1 atom stereocenters. The fourth-order valence-electron chi connectivity index (χ4n) is 4.81. The Balaban J connectivity index is 1.56. The van der Waals surface area contributed by atoms with Gasteiger partial charge in [-0.2, -0.15) is 11.8 Å². The molecule has 0 aromatic rings. The smallest absolute Gasteiger partial charge is 0.237 e. The van der Waals surface area contributed by atoms with Crippen molar-refractivity contribution in [1.29, 1.82) is 0 Å². The second-order valence-electron chi connectivity index (χ2n) is 6.85. The van der Waals surface area contributed by atoms with Crippen LogP contribution >= 0.6 is 11.8 Å². The highest BCUT2D eigenvalue weighted by molar-refractivity contribution is 7.98. The van der Waals surface area contributed by atoms with Gasteiger partial charge >= 0.3 is 0 Å². The van der Waals surface area contributed by atoms with Crippen molar-refractivity contribution in [2.24, 2.45) is 29.4 Å². The van der Waals surface area contributed by atoms with Crippen LogP contribution in [-0.2, 0) is 4.79 Å². The van der Waals surface area contributed by atoms with Gasteiger partial charge in [0.2, 0.25) is 5.91 Å². The van der Waals surface area contributed by atoms with Gasteiger partial charge < -0.3 is 11.1 Å². The summed E-state index contributed by atoms with van der Waals surface area (Å²) in [5, 5.41) is 3.30. The molecular formula is C15H26N2OS. The van der Waals surface area contributed by atoms with E-state index in [1.807, 2.05) is 0 Å². The third-order valence-corrected chi connectivity index (χ3v) is 6.15. The Morgan fingerprint density at radius 2 is 1.79 bits per heavy atom. The zero-order chi connectivity index (χ0) is 13.4. The number of nitrogens with two attached hydrogens (primary N) is 1. The summed E-state index contributed by atoms with van der Waals surface area (Å²) in [6, 6.07) is 0.116. The minimum atomic E-state index is -0.315. The van der Waals surface area contributed by atoms with Crippen molar-refractivity contribution in [3.63, 3.8) is 0 Å². The van der Waals surface area contributed by atoms with Gasteiger partial charge in [0.05, 0.1) is 6.04 Å². The Morgan fingerprint density at radius 1 is 1.21 bits per heavy atom. The summed E-state index contributed by atoms with van der Waals surface area (Å²) in [5.74, 6) is 4.46. The SMILES string of the molecule is CSCC[C@@H](N)C(=O)NC1C2CC3CC(C2)CC1C3. The molecular weight excluding hydrogens is 256 g/mol. The predicted octanol–water partition coefficient (Wildman–Crippen LogP) is 2.01. The number of rotatable bonds is 5. The van der Waals surface area contributed by atoms with Gasteiger partial charge in [-0.3, -0.25) is 4.79 Å². The molecule has 4 rings (SSSR count). The molecule has 108 valence electrons. The van der Waals surface area contributed by atoms with Crippen LogP contribution < -0.4 is 11.1 Å². The molecule has 4 bridgehead atoms. The van der Waals surface area contributed by atoms with Gasteiger partial charge in [0.15, 0.2) is 0 Å².